The molecule has 9 nitrogen and oxygen atoms in total. The Hall–Kier alpha value is -4.31. The van der Waals surface area contributed by atoms with Crippen LogP contribution in [0.4, 0.5) is 5.69 Å². The quantitative estimate of drug-likeness (QED) is 0.185. The summed E-state index contributed by atoms with van der Waals surface area (Å²) in [7, 11) is 0. The van der Waals surface area contributed by atoms with E-state index >= 15 is 0 Å². The van der Waals surface area contributed by atoms with Crippen LogP contribution in [0.25, 0.3) is 6.08 Å². The van der Waals surface area contributed by atoms with Gasteiger partial charge in [0.2, 0.25) is 0 Å². The number of hydrogen-bond acceptors (Lipinski definition) is 8. The fourth-order valence-corrected chi connectivity index (χ4v) is 4.97. The zero-order chi connectivity index (χ0) is 26.5. The van der Waals surface area contributed by atoms with Crippen LogP contribution in [0.2, 0.25) is 0 Å². The second-order valence-corrected chi connectivity index (χ2v) is 9.24. The number of fused-ring (bicyclic) bond motifs is 1. The zero-order valence-electron chi connectivity index (χ0n) is 20.4. The van der Waals surface area contributed by atoms with E-state index in [2.05, 4.69) is 11.6 Å². The number of allylic oxidation sites excluding steroid dienone is 1. The minimum atomic E-state index is -0.757. The van der Waals surface area contributed by atoms with Gasteiger partial charge in [-0.1, -0.05) is 43.0 Å². The zero-order valence-corrected chi connectivity index (χ0v) is 21.2. The van der Waals surface area contributed by atoms with Gasteiger partial charge in [0.15, 0.2) is 4.80 Å². The van der Waals surface area contributed by atoms with Crippen LogP contribution >= 0.6 is 11.3 Å². The number of carbonyl (C=O) groups is 1. The van der Waals surface area contributed by atoms with E-state index in [-0.39, 0.29) is 23.4 Å². The number of nitro groups is 1. The predicted molar refractivity (Wildman–Crippen MR) is 140 cm³/mol. The average Bonchev–Trinajstić information content (AvgIpc) is 3.20. The summed E-state index contributed by atoms with van der Waals surface area (Å²) in [6.07, 6.45) is 4.00. The molecule has 1 aromatic heterocycles. The number of carbonyl (C=O) groups excluding carboxylic acids is 1. The number of esters is 1. The van der Waals surface area contributed by atoms with Gasteiger partial charge in [-0.2, -0.15) is 0 Å². The van der Waals surface area contributed by atoms with Crippen molar-refractivity contribution in [2.75, 3.05) is 13.2 Å². The lowest BCUT2D eigenvalue weighted by Gasteiger charge is -2.24. The molecule has 2 heterocycles. The average molecular weight is 520 g/mol. The summed E-state index contributed by atoms with van der Waals surface area (Å²) in [6.45, 7) is 7.92. The fourth-order valence-electron chi connectivity index (χ4n) is 3.92. The lowest BCUT2D eigenvalue weighted by atomic mass is 9.96. The molecule has 190 valence electrons. The Morgan fingerprint density at radius 1 is 1.22 bits per heavy atom. The Labute approximate surface area is 216 Å². The summed E-state index contributed by atoms with van der Waals surface area (Å²) in [4.78, 5) is 42.2. The van der Waals surface area contributed by atoms with Crippen LogP contribution < -0.4 is 19.6 Å². The van der Waals surface area contributed by atoms with Crippen LogP contribution in [-0.4, -0.2) is 28.7 Å². The largest absolute Gasteiger partial charge is 0.494 e. The van der Waals surface area contributed by atoms with Crippen molar-refractivity contribution in [2.45, 2.75) is 26.3 Å². The van der Waals surface area contributed by atoms with Crippen molar-refractivity contribution in [3.8, 4) is 5.75 Å². The highest BCUT2D eigenvalue weighted by atomic mass is 32.1. The summed E-state index contributed by atoms with van der Waals surface area (Å²) in [6, 6.07) is 12.4. The Morgan fingerprint density at radius 3 is 2.54 bits per heavy atom. The predicted octanol–water partition coefficient (Wildman–Crippen LogP) is 3.66. The number of aromatic nitrogens is 1. The molecule has 1 aliphatic heterocycles. The van der Waals surface area contributed by atoms with Crippen LogP contribution in [0.1, 0.15) is 37.4 Å². The summed E-state index contributed by atoms with van der Waals surface area (Å²) in [5.41, 5.74) is 1.67. The standard InChI is InChI=1S/C27H25N3O6S/c1-4-14-35-21-12-8-19(9-13-21)24-23(26(32)36-15-5-2)17(3)28-27-29(24)25(31)22(37-27)16-18-6-10-20(11-7-18)30(33)34/h5-13,16,24H,2,4,14-15H2,1,3H3/b22-16-. The summed E-state index contributed by atoms with van der Waals surface area (Å²) in [5, 5.41) is 11.0. The Bertz CT molecular complexity index is 1550. The number of nitrogens with zero attached hydrogens (tertiary/aromatic N) is 3. The molecule has 1 aliphatic rings. The van der Waals surface area contributed by atoms with Crippen molar-refractivity contribution < 1.29 is 19.2 Å². The molecular weight excluding hydrogens is 494 g/mol. The van der Waals surface area contributed by atoms with Crippen molar-refractivity contribution in [2.24, 2.45) is 4.99 Å². The minimum Gasteiger partial charge on any atom is -0.494 e. The number of benzene rings is 2. The highest BCUT2D eigenvalue weighted by Gasteiger charge is 2.33. The molecule has 3 aromatic rings. The van der Waals surface area contributed by atoms with E-state index in [0.717, 1.165) is 6.42 Å². The van der Waals surface area contributed by atoms with Gasteiger partial charge in [0, 0.05) is 12.1 Å². The molecule has 0 saturated carbocycles. The minimum absolute atomic E-state index is 0.0245. The van der Waals surface area contributed by atoms with Gasteiger partial charge in [0.25, 0.3) is 11.2 Å². The van der Waals surface area contributed by atoms with E-state index in [9.17, 15) is 19.7 Å². The number of nitro benzene ring substituents is 1. The maximum Gasteiger partial charge on any atom is 0.338 e. The van der Waals surface area contributed by atoms with E-state index in [1.165, 1.54) is 34.1 Å². The molecule has 1 atom stereocenters. The van der Waals surface area contributed by atoms with Gasteiger partial charge in [0.1, 0.15) is 12.4 Å². The first-order valence-corrected chi connectivity index (χ1v) is 12.4. The Morgan fingerprint density at radius 2 is 1.92 bits per heavy atom. The summed E-state index contributed by atoms with van der Waals surface area (Å²) < 4.78 is 12.9. The topological polar surface area (TPSA) is 113 Å². The highest BCUT2D eigenvalue weighted by Crippen LogP contribution is 2.31. The number of thiazole rings is 1. The SMILES string of the molecule is C=CCOC(=O)C1=C(C)N=c2s/c(=C\c3ccc([N+](=O)[O-])cc3)c(=O)n2C1c1ccc(OCCC)cc1. The lowest BCUT2D eigenvalue weighted by Crippen LogP contribution is -2.39. The van der Waals surface area contributed by atoms with Gasteiger partial charge >= 0.3 is 5.97 Å². The van der Waals surface area contributed by atoms with E-state index in [0.29, 0.717) is 38.5 Å². The summed E-state index contributed by atoms with van der Waals surface area (Å²) >= 11 is 1.18. The van der Waals surface area contributed by atoms with Crippen molar-refractivity contribution >= 4 is 29.1 Å². The summed E-state index contributed by atoms with van der Waals surface area (Å²) in [5.74, 6) is 0.106. The molecule has 37 heavy (non-hydrogen) atoms. The number of rotatable bonds is 9. The first-order chi connectivity index (χ1) is 17.8. The molecule has 0 amide bonds. The van der Waals surface area contributed by atoms with Gasteiger partial charge in [-0.3, -0.25) is 19.5 Å². The molecule has 0 fully saturated rings. The third kappa shape index (κ3) is 5.44. The molecule has 4 rings (SSSR count). The first kappa shape index (κ1) is 25.8. The second kappa shape index (κ2) is 11.2. The number of ether oxygens (including phenoxy) is 2. The lowest BCUT2D eigenvalue weighted by molar-refractivity contribution is -0.384. The van der Waals surface area contributed by atoms with Crippen molar-refractivity contribution in [1.29, 1.82) is 0 Å². The monoisotopic (exact) mass is 519 g/mol. The van der Waals surface area contributed by atoms with E-state index in [4.69, 9.17) is 9.47 Å². The van der Waals surface area contributed by atoms with Crippen molar-refractivity contribution in [1.82, 2.24) is 4.57 Å². The molecule has 0 radical (unpaired) electrons. The van der Waals surface area contributed by atoms with E-state index < -0.39 is 16.9 Å². The maximum absolute atomic E-state index is 13.6. The van der Waals surface area contributed by atoms with Gasteiger partial charge in [-0.05, 0) is 54.8 Å². The molecule has 10 heteroatoms. The fraction of sp³-hybridized carbons (Fsp3) is 0.222. The van der Waals surface area contributed by atoms with Crippen molar-refractivity contribution in [3.05, 3.63) is 113 Å². The van der Waals surface area contributed by atoms with E-state index in [1.54, 1.807) is 37.3 Å². The van der Waals surface area contributed by atoms with Crippen LogP contribution in [0.15, 0.2) is 82.2 Å². The number of non-ortho nitro benzene ring substituents is 1. The normalized spacial score (nSPS) is 15.1. The third-order valence-corrected chi connectivity index (χ3v) is 6.63. The second-order valence-electron chi connectivity index (χ2n) is 8.24. The Kier molecular flexibility index (Phi) is 7.78. The molecule has 0 saturated heterocycles. The molecule has 0 aliphatic carbocycles. The van der Waals surface area contributed by atoms with E-state index in [1.807, 2.05) is 19.1 Å². The van der Waals surface area contributed by atoms with Gasteiger partial charge in [-0.15, -0.1) is 0 Å². The highest BCUT2D eigenvalue weighted by molar-refractivity contribution is 7.07. The van der Waals surface area contributed by atoms with Crippen molar-refractivity contribution in [3.63, 3.8) is 0 Å². The van der Waals surface area contributed by atoms with Crippen LogP contribution in [0, 0.1) is 10.1 Å². The number of hydrogen-bond donors (Lipinski definition) is 0. The smallest absolute Gasteiger partial charge is 0.338 e. The molecular formula is C27H25N3O6S. The maximum atomic E-state index is 13.6. The molecule has 0 bridgehead atoms. The van der Waals surface area contributed by atoms with Gasteiger partial charge in [-0.25, -0.2) is 9.79 Å². The van der Waals surface area contributed by atoms with Gasteiger partial charge < -0.3 is 9.47 Å². The molecule has 1 unspecified atom stereocenters. The first-order valence-electron chi connectivity index (χ1n) is 11.6. The van der Waals surface area contributed by atoms with Crippen LogP contribution in [0.5, 0.6) is 5.75 Å². The Balaban J connectivity index is 1.84. The van der Waals surface area contributed by atoms with Gasteiger partial charge in [0.05, 0.1) is 33.4 Å². The third-order valence-electron chi connectivity index (χ3n) is 5.64. The molecule has 2 aromatic carbocycles. The molecule has 0 N–H and O–H groups in total. The van der Waals surface area contributed by atoms with Crippen LogP contribution in [0.3, 0.4) is 0 Å². The van der Waals surface area contributed by atoms with Crippen LogP contribution in [-0.2, 0) is 9.53 Å². The molecule has 0 spiro atoms.